The van der Waals surface area contributed by atoms with Crippen LogP contribution in [0.5, 0.6) is 0 Å². The van der Waals surface area contributed by atoms with Crippen LogP contribution in [0.1, 0.15) is 39.0 Å². The fraction of sp³-hybridized carbons (Fsp3) is 0.929. The van der Waals surface area contributed by atoms with E-state index in [9.17, 15) is 4.79 Å². The van der Waals surface area contributed by atoms with E-state index in [4.69, 9.17) is 4.74 Å². The zero-order valence-electron chi connectivity index (χ0n) is 11.6. The molecule has 2 rings (SSSR count). The Hall–Kier alpha value is -0.610. The van der Waals surface area contributed by atoms with E-state index in [0.29, 0.717) is 19.2 Å². The van der Waals surface area contributed by atoms with Crippen LogP contribution in [0.3, 0.4) is 0 Å². The molecule has 4 heteroatoms. The molecule has 0 aromatic rings. The Kier molecular flexibility index (Phi) is 5.45. The van der Waals surface area contributed by atoms with Crippen molar-refractivity contribution in [2.24, 2.45) is 0 Å². The number of esters is 1. The largest absolute Gasteiger partial charge is 0.465 e. The number of hydrogen-bond donors (Lipinski definition) is 0. The average molecular weight is 254 g/mol. The Morgan fingerprint density at radius 1 is 1.33 bits per heavy atom. The molecule has 0 spiro atoms. The lowest BCUT2D eigenvalue weighted by molar-refractivity contribution is -0.144. The van der Waals surface area contributed by atoms with Crippen LogP contribution < -0.4 is 0 Å². The molecule has 4 nitrogen and oxygen atoms in total. The van der Waals surface area contributed by atoms with Gasteiger partial charge in [-0.1, -0.05) is 0 Å². The smallest absolute Gasteiger partial charge is 0.320 e. The van der Waals surface area contributed by atoms with Crippen LogP contribution in [-0.4, -0.2) is 61.1 Å². The van der Waals surface area contributed by atoms with Crippen LogP contribution in [0.4, 0.5) is 0 Å². The number of hydrogen-bond acceptors (Lipinski definition) is 4. The van der Waals surface area contributed by atoms with E-state index in [1.54, 1.807) is 0 Å². The summed E-state index contributed by atoms with van der Waals surface area (Å²) in [7, 11) is 0. The van der Waals surface area contributed by atoms with E-state index in [1.807, 2.05) is 6.92 Å². The maximum Gasteiger partial charge on any atom is 0.320 e. The molecule has 0 aromatic carbocycles. The molecule has 1 aliphatic heterocycles. The second-order valence-electron chi connectivity index (χ2n) is 5.41. The Morgan fingerprint density at radius 2 is 2.06 bits per heavy atom. The monoisotopic (exact) mass is 254 g/mol. The molecule has 2 aliphatic rings. The summed E-state index contributed by atoms with van der Waals surface area (Å²) in [5.74, 6) is -0.0643. The molecule has 18 heavy (non-hydrogen) atoms. The Balaban J connectivity index is 1.64. The molecule has 1 aliphatic carbocycles. The van der Waals surface area contributed by atoms with Gasteiger partial charge < -0.3 is 9.64 Å². The fourth-order valence-corrected chi connectivity index (χ4v) is 2.71. The third-order valence-corrected chi connectivity index (χ3v) is 3.82. The number of likely N-dealkylation sites (tertiary alicyclic amines) is 1. The highest BCUT2D eigenvalue weighted by Crippen LogP contribution is 2.26. The lowest BCUT2D eigenvalue weighted by Crippen LogP contribution is -2.35. The lowest BCUT2D eigenvalue weighted by atomic mass is 10.3. The first-order valence-corrected chi connectivity index (χ1v) is 7.41. The van der Waals surface area contributed by atoms with Crippen LogP contribution in [0.25, 0.3) is 0 Å². The van der Waals surface area contributed by atoms with E-state index in [2.05, 4.69) is 9.80 Å². The van der Waals surface area contributed by atoms with Crippen molar-refractivity contribution < 1.29 is 9.53 Å². The second kappa shape index (κ2) is 7.10. The summed E-state index contributed by atoms with van der Waals surface area (Å²) >= 11 is 0. The Bertz CT molecular complexity index is 261. The van der Waals surface area contributed by atoms with Crippen molar-refractivity contribution >= 4 is 5.97 Å². The predicted molar refractivity (Wildman–Crippen MR) is 71.5 cm³/mol. The molecule has 0 N–H and O–H groups in total. The molecule has 1 saturated carbocycles. The van der Waals surface area contributed by atoms with Crippen molar-refractivity contribution in [3.8, 4) is 0 Å². The van der Waals surface area contributed by atoms with Gasteiger partial charge in [0.1, 0.15) is 0 Å². The van der Waals surface area contributed by atoms with Crippen molar-refractivity contribution in [1.82, 2.24) is 9.80 Å². The van der Waals surface area contributed by atoms with E-state index in [0.717, 1.165) is 6.54 Å². The van der Waals surface area contributed by atoms with E-state index >= 15 is 0 Å². The first-order valence-electron chi connectivity index (χ1n) is 7.41. The van der Waals surface area contributed by atoms with Crippen LogP contribution in [0.15, 0.2) is 0 Å². The molecular weight excluding hydrogens is 228 g/mol. The third kappa shape index (κ3) is 4.58. The average Bonchev–Trinajstić information content (AvgIpc) is 3.06. The highest BCUT2D eigenvalue weighted by molar-refractivity contribution is 5.71. The molecule has 0 aromatic heterocycles. The van der Waals surface area contributed by atoms with Gasteiger partial charge in [0.2, 0.25) is 0 Å². The first kappa shape index (κ1) is 13.8. The van der Waals surface area contributed by atoms with Crippen molar-refractivity contribution in [2.45, 2.75) is 45.1 Å². The minimum Gasteiger partial charge on any atom is -0.465 e. The minimum absolute atomic E-state index is 0.0643. The summed E-state index contributed by atoms with van der Waals surface area (Å²) in [6.45, 7) is 7.60. The van der Waals surface area contributed by atoms with E-state index in [-0.39, 0.29) is 5.97 Å². The number of rotatable bonds is 8. The highest BCUT2D eigenvalue weighted by atomic mass is 16.5. The normalized spacial score (nSPS) is 20.6. The SMILES string of the molecule is CCOC(=O)CN(CCCN1CCCC1)C1CC1. The molecule has 104 valence electrons. The fourth-order valence-electron chi connectivity index (χ4n) is 2.71. The second-order valence-corrected chi connectivity index (χ2v) is 5.41. The van der Waals surface area contributed by atoms with Gasteiger partial charge in [0, 0.05) is 12.6 Å². The quantitative estimate of drug-likeness (QED) is 0.615. The number of carbonyl (C=O) groups is 1. The van der Waals surface area contributed by atoms with Gasteiger partial charge in [-0.15, -0.1) is 0 Å². The molecule has 0 radical (unpaired) electrons. The molecule has 0 unspecified atom stereocenters. The first-order chi connectivity index (χ1) is 8.79. The van der Waals surface area contributed by atoms with Gasteiger partial charge in [-0.25, -0.2) is 0 Å². The molecule has 0 amide bonds. The number of carbonyl (C=O) groups excluding carboxylic acids is 1. The summed E-state index contributed by atoms with van der Waals surface area (Å²) in [6, 6.07) is 0.646. The van der Waals surface area contributed by atoms with Gasteiger partial charge in [0.15, 0.2) is 0 Å². The van der Waals surface area contributed by atoms with Crippen molar-refractivity contribution in [3.05, 3.63) is 0 Å². The van der Waals surface area contributed by atoms with Gasteiger partial charge in [0.05, 0.1) is 13.2 Å². The number of nitrogens with zero attached hydrogens (tertiary/aromatic N) is 2. The van der Waals surface area contributed by atoms with Crippen molar-refractivity contribution in [3.63, 3.8) is 0 Å². The van der Waals surface area contributed by atoms with Crippen LogP contribution >= 0.6 is 0 Å². The lowest BCUT2D eigenvalue weighted by Gasteiger charge is -2.22. The standard InChI is InChI=1S/C14H26N2O2/c1-2-18-14(17)12-16(13-6-7-13)11-5-10-15-8-3-4-9-15/h13H,2-12H2,1H3. The van der Waals surface area contributed by atoms with Crippen LogP contribution in [-0.2, 0) is 9.53 Å². The molecule has 2 fully saturated rings. The summed E-state index contributed by atoms with van der Waals surface area (Å²) < 4.78 is 5.04. The van der Waals surface area contributed by atoms with Crippen LogP contribution in [0.2, 0.25) is 0 Å². The summed E-state index contributed by atoms with van der Waals surface area (Å²) in [5.41, 5.74) is 0. The van der Waals surface area contributed by atoms with Gasteiger partial charge >= 0.3 is 5.97 Å². The van der Waals surface area contributed by atoms with Crippen molar-refractivity contribution in [2.75, 3.05) is 39.3 Å². The van der Waals surface area contributed by atoms with Gasteiger partial charge in [-0.3, -0.25) is 9.69 Å². The molecule has 0 atom stereocenters. The van der Waals surface area contributed by atoms with Crippen LogP contribution in [0, 0.1) is 0 Å². The highest BCUT2D eigenvalue weighted by Gasteiger charge is 2.30. The van der Waals surface area contributed by atoms with Crippen molar-refractivity contribution in [1.29, 1.82) is 0 Å². The summed E-state index contributed by atoms with van der Waals surface area (Å²) in [6.07, 6.45) is 6.40. The minimum atomic E-state index is -0.0643. The van der Waals surface area contributed by atoms with Gasteiger partial charge in [-0.05, 0) is 58.7 Å². The maximum atomic E-state index is 11.5. The molecule has 1 heterocycles. The maximum absolute atomic E-state index is 11.5. The zero-order valence-corrected chi connectivity index (χ0v) is 11.6. The molecule has 1 saturated heterocycles. The summed E-state index contributed by atoms with van der Waals surface area (Å²) in [5, 5.41) is 0. The summed E-state index contributed by atoms with van der Waals surface area (Å²) in [4.78, 5) is 16.4. The predicted octanol–water partition coefficient (Wildman–Crippen LogP) is 1.50. The molecular formula is C14H26N2O2. The Labute approximate surface area is 110 Å². The number of ether oxygens (including phenoxy) is 1. The van der Waals surface area contributed by atoms with E-state index in [1.165, 1.54) is 51.7 Å². The van der Waals surface area contributed by atoms with Gasteiger partial charge in [-0.2, -0.15) is 0 Å². The zero-order chi connectivity index (χ0) is 12.8. The molecule has 0 bridgehead atoms. The topological polar surface area (TPSA) is 32.8 Å². The van der Waals surface area contributed by atoms with Gasteiger partial charge in [0.25, 0.3) is 0 Å². The van der Waals surface area contributed by atoms with E-state index < -0.39 is 0 Å². The Morgan fingerprint density at radius 3 is 2.67 bits per heavy atom. The third-order valence-electron chi connectivity index (χ3n) is 3.82.